The van der Waals surface area contributed by atoms with Gasteiger partial charge in [0, 0.05) is 18.5 Å². The summed E-state index contributed by atoms with van der Waals surface area (Å²) in [5.41, 5.74) is -6.74. The van der Waals surface area contributed by atoms with Gasteiger partial charge >= 0.3 is 36.3 Å². The zero-order valence-corrected chi connectivity index (χ0v) is 84.7. The summed E-state index contributed by atoms with van der Waals surface area (Å²) < 4.78 is 37.3. The molecular weight excluding hydrogens is 1940 g/mol. The van der Waals surface area contributed by atoms with Gasteiger partial charge in [-0.15, -0.1) is 0 Å². The number of alkyl carbamates (subject to hydrolysis) is 4. The third-order valence-electron chi connectivity index (χ3n) is 20.7. The van der Waals surface area contributed by atoms with Crippen LogP contribution in [0, 0.1) is 38.4 Å². The lowest BCUT2D eigenvalue weighted by molar-refractivity contribution is -0.141. The molecule has 141 heavy (non-hydrogen) atoms. The largest absolute Gasteiger partial charge is 0.480 e. The molecule has 0 rings (SSSR count). The van der Waals surface area contributed by atoms with E-state index in [0.29, 0.717) is 32.1 Å². The third-order valence-corrected chi connectivity index (χ3v) is 24.9. The van der Waals surface area contributed by atoms with Crippen molar-refractivity contribution >= 4 is 69.7 Å². The minimum Gasteiger partial charge on any atom is -0.480 e. The molecule has 39 N–H and O–H groups in total. The summed E-state index contributed by atoms with van der Waals surface area (Å²) >= 11 is 0. The van der Waals surface area contributed by atoms with Gasteiger partial charge in [-0.25, -0.2) is 28.8 Å². The van der Waals surface area contributed by atoms with E-state index in [2.05, 4.69) is 31.9 Å². The van der Waals surface area contributed by atoms with Crippen LogP contribution in [0.25, 0.3) is 0 Å². The van der Waals surface area contributed by atoms with Gasteiger partial charge in [0.15, 0.2) is 0 Å². The first kappa shape index (κ1) is 151. The average molecular weight is 2120 g/mol. The van der Waals surface area contributed by atoms with Crippen molar-refractivity contribution < 1.29 is 245 Å². The Bertz CT molecular complexity index is 2840. The summed E-state index contributed by atoms with van der Waals surface area (Å²) in [5, 5.41) is 307. The van der Waals surface area contributed by atoms with Gasteiger partial charge in [0.1, 0.15) is 87.2 Å². The molecule has 8 atom stereocenters. The molecule has 8 unspecified atom stereocenters. The molecule has 57 heteroatoms. The lowest BCUT2D eigenvalue weighted by atomic mass is 9.88. The van der Waals surface area contributed by atoms with Gasteiger partial charge in [-0.05, 0) is 79.1 Å². The standard InChI is InChI=1S/C24H46N4O11.C23H42N2O13S2.C10H22O6.C7H16O4.C6H14O5.C6H14O3.C5H12O4.C3H8O3/c1-5-23(9-29,10-30)14-38-21(36)26-7-6-25-20(35)18(8-16(2)3)28-19(34)17(4)27-22(37)39-15-24(11-31,12-32)13-33;1-6-22(7-26,8-27)12-37-18(35)24-14(16(31)32)20(2,3)39-40-21(4,5)15(17(33)34)25-19(36)38-13-23(9-28,10-29)11-30;1-2-9(3-11)15-6-8(14)7-16-10(4-12)5-13;1-2-6(9)4-11-5-7(10)3-8;7-1-5(2-8)11-6(3-9)4-10;1-2-6(3-7,4-8)5-9;6-1-5(2-7,3-8)4-9;4-1-3(6)2-5/h16-18,29-33H,5-15H2,1-4H3,(H,25,35)(H,26,36)(H,27,37)(H,28,34);14-15,26-30H,6-13H2,1-5H3,(H,24,35)(H,25,36)(H,31,32)(H,33,34);8-14H,2-7H2,1H3;6-10H,2-5H2,1H3;5-10H,1-4H2;7-9H,2-5H2,1H3;6-9H,1-4H2;3-6H,1-2H2. The molecule has 846 valence electrons. The summed E-state index contributed by atoms with van der Waals surface area (Å²) in [4.78, 5) is 97.8. The Labute approximate surface area is 829 Å². The van der Waals surface area contributed by atoms with E-state index >= 15 is 0 Å². The normalized spacial score (nSPS) is 13.6. The van der Waals surface area contributed by atoms with Crippen LogP contribution in [0.5, 0.6) is 0 Å². The molecule has 0 aliphatic rings. The number of carbonyl (C=O) groups is 8. The number of amides is 6. The number of aliphatic hydroxyl groups is 31. The first-order valence-electron chi connectivity index (χ1n) is 45.0. The zero-order valence-electron chi connectivity index (χ0n) is 83.0. The molecule has 0 aromatic rings. The summed E-state index contributed by atoms with van der Waals surface area (Å²) in [7, 11) is 1.86. The van der Waals surface area contributed by atoms with Crippen molar-refractivity contribution in [3.8, 4) is 0 Å². The predicted octanol–water partition coefficient (Wildman–Crippen LogP) is -11.6. The van der Waals surface area contributed by atoms with Crippen molar-refractivity contribution in [3.05, 3.63) is 0 Å². The van der Waals surface area contributed by atoms with Gasteiger partial charge in [-0.2, -0.15) is 0 Å². The Hall–Kier alpha value is -5.74. The lowest BCUT2D eigenvalue weighted by Crippen LogP contribution is -2.54. The summed E-state index contributed by atoms with van der Waals surface area (Å²) in [6.45, 7) is 8.06. The van der Waals surface area contributed by atoms with E-state index in [1.165, 1.54) is 34.6 Å². The van der Waals surface area contributed by atoms with Gasteiger partial charge in [0.05, 0.1) is 254 Å². The second-order valence-corrected chi connectivity index (χ2v) is 37.6. The second kappa shape index (κ2) is 88.4. The van der Waals surface area contributed by atoms with Crippen molar-refractivity contribution in [2.24, 2.45) is 38.4 Å². The molecule has 0 aromatic heterocycles. The van der Waals surface area contributed by atoms with Crippen molar-refractivity contribution in [1.29, 1.82) is 0 Å². The molecular formula is C84H174N6O49S2. The molecule has 0 radical (unpaired) electrons. The maximum Gasteiger partial charge on any atom is 0.407 e. The van der Waals surface area contributed by atoms with Gasteiger partial charge in [-0.1, -0.05) is 70.1 Å². The molecule has 55 nitrogen and oxygen atoms in total. The maximum atomic E-state index is 12.7. The van der Waals surface area contributed by atoms with E-state index < -0.39 is 250 Å². The summed E-state index contributed by atoms with van der Waals surface area (Å²) in [5.74, 6) is -3.99. The van der Waals surface area contributed by atoms with E-state index in [4.69, 9.17) is 140 Å². The van der Waals surface area contributed by atoms with Crippen molar-refractivity contribution in [2.75, 3.05) is 244 Å². The number of ether oxygens (including phenoxy) is 8. The van der Waals surface area contributed by atoms with Crippen LogP contribution >= 0.6 is 21.6 Å². The molecule has 0 spiro atoms. The number of carboxylic acids is 2. The van der Waals surface area contributed by atoms with Crippen LogP contribution in [-0.2, 0) is 57.1 Å². The van der Waals surface area contributed by atoms with Crippen molar-refractivity contribution in [2.45, 2.75) is 204 Å². The van der Waals surface area contributed by atoms with Crippen LogP contribution in [0.4, 0.5) is 19.2 Å². The number of aliphatic hydroxyl groups excluding tert-OH is 31. The Morgan fingerprint density at radius 3 is 0.865 bits per heavy atom. The number of hydrogen-bond donors (Lipinski definition) is 39. The number of nitrogens with one attached hydrogen (secondary N) is 6. The van der Waals surface area contributed by atoms with E-state index in [1.54, 1.807) is 13.8 Å². The highest BCUT2D eigenvalue weighted by molar-refractivity contribution is 8.77. The first-order valence-corrected chi connectivity index (χ1v) is 47.1. The molecule has 0 aliphatic carbocycles. The van der Waals surface area contributed by atoms with Gasteiger partial charge in [-0.3, -0.25) is 9.59 Å². The van der Waals surface area contributed by atoms with Gasteiger partial charge < -0.3 is 238 Å². The molecule has 0 fully saturated rings. The van der Waals surface area contributed by atoms with E-state index in [1.807, 2.05) is 34.6 Å². The molecule has 6 amide bonds. The molecule has 0 saturated heterocycles. The molecule has 0 saturated carbocycles. The van der Waals surface area contributed by atoms with Gasteiger partial charge in [0.2, 0.25) is 11.8 Å². The summed E-state index contributed by atoms with van der Waals surface area (Å²) in [6.07, 6.45) is -6.69. The number of aliphatic carboxylic acids is 2. The zero-order chi connectivity index (χ0) is 111. The third kappa shape index (κ3) is 69.2. The monoisotopic (exact) mass is 2120 g/mol. The molecule has 0 aromatic carbocycles. The fourth-order valence-corrected chi connectivity index (χ4v) is 11.6. The Morgan fingerprint density at radius 1 is 0.305 bits per heavy atom. The fourth-order valence-electron chi connectivity index (χ4n) is 8.81. The maximum absolute atomic E-state index is 12.7. The highest BCUT2D eigenvalue weighted by Gasteiger charge is 2.45. The minimum atomic E-state index is -1.56. The van der Waals surface area contributed by atoms with Crippen LogP contribution in [0.2, 0.25) is 0 Å². The van der Waals surface area contributed by atoms with Crippen LogP contribution in [0.1, 0.15) is 122 Å². The number of carbonyl (C=O) groups excluding carboxylic acids is 6. The topological polar surface area (TPSA) is 950 Å². The van der Waals surface area contributed by atoms with E-state index in [0.717, 1.165) is 21.6 Å². The highest BCUT2D eigenvalue weighted by Crippen LogP contribution is 2.47. The number of rotatable bonds is 70. The summed E-state index contributed by atoms with van der Waals surface area (Å²) in [6, 6.07) is -5.11. The van der Waals surface area contributed by atoms with Crippen LogP contribution in [0.3, 0.4) is 0 Å². The second-order valence-electron chi connectivity index (χ2n) is 34.1. The van der Waals surface area contributed by atoms with Crippen molar-refractivity contribution in [3.63, 3.8) is 0 Å². The SMILES string of the molecule is CCC(CO)(CO)CO.CCC(CO)(CO)COC(=O)NC(C(=O)O)C(C)(C)SSC(C)(C)C(NC(=O)OCC(CO)(CO)CO)C(=O)O.CCC(CO)(CO)COC(=O)NCCNC(=O)C(CC(C)C)NC(=O)C(C)NC(=O)OCC(CO)(CO)CO.CCC(CO)OCC(O)COC(CO)CO.CCC(O)COCC(O)CO.OCC(CO)(CO)CO.OCC(CO)OC(CO)CO.OCC(O)CO. The molecule has 0 aliphatic heterocycles. The quantitative estimate of drug-likeness (QED) is 0.0153. The van der Waals surface area contributed by atoms with Gasteiger partial charge in [0.25, 0.3) is 0 Å². The van der Waals surface area contributed by atoms with Crippen LogP contribution in [-0.4, -0.2) is 543 Å². The Morgan fingerprint density at radius 2 is 0.603 bits per heavy atom. The highest BCUT2D eigenvalue weighted by atomic mass is 33.1. The number of carboxylic acid groups (broad SMARTS) is 2. The fraction of sp³-hybridized carbons (Fsp3) is 0.905. The molecule has 0 heterocycles. The van der Waals surface area contributed by atoms with E-state index in [9.17, 15) is 105 Å². The molecule has 0 bridgehead atoms. The van der Waals surface area contributed by atoms with Crippen LogP contribution in [0.15, 0.2) is 0 Å². The first-order chi connectivity index (χ1) is 66.2. The van der Waals surface area contributed by atoms with Crippen molar-refractivity contribution in [1.82, 2.24) is 31.9 Å². The van der Waals surface area contributed by atoms with Crippen LogP contribution < -0.4 is 31.9 Å². The lowest BCUT2D eigenvalue weighted by Gasteiger charge is -2.36. The predicted molar refractivity (Wildman–Crippen MR) is 503 cm³/mol. The minimum absolute atomic E-state index is 0.0190. The smallest absolute Gasteiger partial charge is 0.407 e. The Balaban J connectivity index is -0.000000264. The Kier molecular flexibility index (Phi) is 94.4. The average Bonchev–Trinajstić information content (AvgIpc) is 0.811. The number of hydrogen-bond acceptors (Lipinski definition) is 49. The van der Waals surface area contributed by atoms with E-state index in [-0.39, 0.29) is 170 Å².